The fourth-order valence-corrected chi connectivity index (χ4v) is 4.11. The number of nitriles is 1. The van der Waals surface area contributed by atoms with Crippen molar-refractivity contribution in [1.82, 2.24) is 9.88 Å². The summed E-state index contributed by atoms with van der Waals surface area (Å²) in [5.41, 5.74) is -1.26. The molecule has 0 spiro atoms. The van der Waals surface area contributed by atoms with Crippen molar-refractivity contribution in [3.05, 3.63) is 83.4 Å². The lowest BCUT2D eigenvalue weighted by atomic mass is 9.89. The number of likely N-dealkylation sites (tertiary alicyclic amines) is 1. The number of carbonyl (C=O) groups is 1. The van der Waals surface area contributed by atoms with Crippen LogP contribution in [0.15, 0.2) is 60.8 Å². The molecule has 1 atom stereocenters. The van der Waals surface area contributed by atoms with Gasteiger partial charge in [0, 0.05) is 25.6 Å². The van der Waals surface area contributed by atoms with Gasteiger partial charge in [0.2, 0.25) is 0 Å². The van der Waals surface area contributed by atoms with Gasteiger partial charge in [-0.25, -0.2) is 9.37 Å². The molecule has 36 heavy (non-hydrogen) atoms. The van der Waals surface area contributed by atoms with Crippen LogP contribution in [0.5, 0.6) is 0 Å². The van der Waals surface area contributed by atoms with Gasteiger partial charge in [0.05, 0.1) is 17.4 Å². The van der Waals surface area contributed by atoms with E-state index in [-0.39, 0.29) is 24.0 Å². The van der Waals surface area contributed by atoms with Crippen molar-refractivity contribution in [3.63, 3.8) is 0 Å². The summed E-state index contributed by atoms with van der Waals surface area (Å²) in [6.07, 6.45) is -3.87. The van der Waals surface area contributed by atoms with E-state index >= 15 is 0 Å². The Morgan fingerprint density at radius 2 is 1.72 bits per heavy atom. The number of halogens is 4. The summed E-state index contributed by atoms with van der Waals surface area (Å²) in [6, 6.07) is 16.1. The van der Waals surface area contributed by atoms with Crippen molar-refractivity contribution in [2.75, 3.05) is 25.0 Å². The van der Waals surface area contributed by atoms with E-state index in [4.69, 9.17) is 5.26 Å². The molecule has 1 aromatic heterocycles. The van der Waals surface area contributed by atoms with Crippen molar-refractivity contribution < 1.29 is 27.5 Å². The molecule has 1 aliphatic rings. The molecule has 0 saturated carbocycles. The minimum absolute atomic E-state index is 0.0150. The smallest absolute Gasteiger partial charge is 0.379 e. The maximum absolute atomic E-state index is 13.1. The van der Waals surface area contributed by atoms with Gasteiger partial charge in [-0.05, 0) is 41.8 Å². The van der Waals surface area contributed by atoms with Crippen LogP contribution in [0, 0.1) is 17.1 Å². The molecule has 0 aliphatic carbocycles. The molecular weight excluding hydrogens is 476 g/mol. The Hall–Kier alpha value is -3.81. The van der Waals surface area contributed by atoms with Gasteiger partial charge in [-0.15, -0.1) is 0 Å². The Kier molecular flexibility index (Phi) is 6.80. The van der Waals surface area contributed by atoms with E-state index in [1.807, 2.05) is 29.2 Å². The number of nitrogens with zero attached hydrogens (tertiary/aromatic N) is 3. The van der Waals surface area contributed by atoms with Crippen LogP contribution in [0.25, 0.3) is 11.1 Å². The number of anilines is 1. The van der Waals surface area contributed by atoms with E-state index in [0.717, 1.165) is 22.9 Å². The van der Waals surface area contributed by atoms with Crippen molar-refractivity contribution in [2.24, 2.45) is 0 Å². The number of aliphatic hydroxyl groups is 1. The zero-order valence-corrected chi connectivity index (χ0v) is 19.2. The lowest BCUT2D eigenvalue weighted by Gasteiger charge is -2.42. The predicted molar refractivity (Wildman–Crippen MR) is 124 cm³/mol. The first-order valence-corrected chi connectivity index (χ1v) is 11.1. The van der Waals surface area contributed by atoms with Crippen LogP contribution in [0.3, 0.4) is 0 Å². The summed E-state index contributed by atoms with van der Waals surface area (Å²) in [4.78, 5) is 17.9. The fourth-order valence-electron chi connectivity index (χ4n) is 4.11. The summed E-state index contributed by atoms with van der Waals surface area (Å²) < 4.78 is 52.5. The predicted octanol–water partition coefficient (Wildman–Crippen LogP) is 4.57. The van der Waals surface area contributed by atoms with Crippen LogP contribution >= 0.6 is 0 Å². The largest absolute Gasteiger partial charge is 0.419 e. The van der Waals surface area contributed by atoms with Crippen LogP contribution in [-0.2, 0) is 11.0 Å². The number of benzene rings is 2. The molecule has 4 rings (SSSR count). The molecule has 0 bridgehead atoms. The summed E-state index contributed by atoms with van der Waals surface area (Å²) in [5.74, 6) is -0.980. The fraction of sp³-hybridized carbons (Fsp3) is 0.269. The lowest BCUT2D eigenvalue weighted by molar-refractivity contribution is -0.138. The SMILES string of the molecule is CC(O)(CN1CC(c2ccc(-c3ccc(F)cc3)cc2)C1)C(=O)Nc1cnc(C#N)c(C(F)(F)F)c1. The molecule has 3 aromatic rings. The van der Waals surface area contributed by atoms with Gasteiger partial charge in [0.15, 0.2) is 11.3 Å². The highest BCUT2D eigenvalue weighted by Crippen LogP contribution is 2.33. The molecule has 10 heteroatoms. The van der Waals surface area contributed by atoms with E-state index in [0.29, 0.717) is 19.2 Å². The summed E-state index contributed by atoms with van der Waals surface area (Å²) >= 11 is 0. The van der Waals surface area contributed by atoms with Gasteiger partial charge in [-0.3, -0.25) is 9.69 Å². The first-order valence-electron chi connectivity index (χ1n) is 11.1. The number of rotatable bonds is 6. The number of alkyl halides is 3. The number of nitrogens with one attached hydrogen (secondary N) is 1. The van der Waals surface area contributed by atoms with Crippen LogP contribution in [0.2, 0.25) is 0 Å². The summed E-state index contributed by atoms with van der Waals surface area (Å²) in [5, 5.41) is 21.8. The summed E-state index contributed by atoms with van der Waals surface area (Å²) in [6.45, 7) is 2.46. The second-order valence-electron chi connectivity index (χ2n) is 8.98. The average molecular weight is 498 g/mol. The van der Waals surface area contributed by atoms with Crippen LogP contribution in [0.1, 0.15) is 29.7 Å². The number of aromatic nitrogens is 1. The Bertz CT molecular complexity index is 1290. The van der Waals surface area contributed by atoms with Crippen LogP contribution in [-0.4, -0.2) is 46.1 Å². The number of pyridine rings is 1. The normalized spacial score (nSPS) is 16.0. The maximum atomic E-state index is 13.1. The van der Waals surface area contributed by atoms with Crippen LogP contribution < -0.4 is 5.32 Å². The molecule has 1 aliphatic heterocycles. The van der Waals surface area contributed by atoms with Crippen molar-refractivity contribution in [2.45, 2.75) is 24.6 Å². The molecular formula is C26H22F4N4O2. The highest BCUT2D eigenvalue weighted by atomic mass is 19.4. The molecule has 1 fully saturated rings. The van der Waals surface area contributed by atoms with Crippen molar-refractivity contribution in [1.29, 1.82) is 5.26 Å². The molecule has 1 saturated heterocycles. The molecule has 186 valence electrons. The first kappa shape index (κ1) is 25.3. The minimum atomic E-state index is -4.81. The third-order valence-corrected chi connectivity index (χ3v) is 6.09. The third kappa shape index (κ3) is 5.53. The Morgan fingerprint density at radius 3 is 2.28 bits per heavy atom. The molecule has 2 N–H and O–H groups in total. The second kappa shape index (κ2) is 9.68. The maximum Gasteiger partial charge on any atom is 0.419 e. The number of hydrogen-bond acceptors (Lipinski definition) is 5. The second-order valence-corrected chi connectivity index (χ2v) is 8.98. The minimum Gasteiger partial charge on any atom is -0.379 e. The molecule has 1 unspecified atom stereocenters. The van der Waals surface area contributed by atoms with Gasteiger partial charge in [-0.1, -0.05) is 36.4 Å². The van der Waals surface area contributed by atoms with E-state index in [2.05, 4.69) is 10.3 Å². The monoisotopic (exact) mass is 498 g/mol. The zero-order chi connectivity index (χ0) is 26.1. The zero-order valence-electron chi connectivity index (χ0n) is 19.2. The van der Waals surface area contributed by atoms with Gasteiger partial charge < -0.3 is 10.4 Å². The standard InChI is InChI=1S/C26H22F4N4O2/c1-25(36,24(35)33-21-10-22(26(28,29)30)23(11-31)32-12-21)15-34-13-19(14-34)18-4-2-16(3-5-18)17-6-8-20(27)9-7-17/h2-10,12,19,36H,13-15H2,1H3,(H,33,35). The quantitative estimate of drug-likeness (QED) is 0.486. The molecule has 6 nitrogen and oxygen atoms in total. The first-order chi connectivity index (χ1) is 17.0. The Labute approximate surface area is 204 Å². The highest BCUT2D eigenvalue weighted by Gasteiger charge is 2.39. The van der Waals surface area contributed by atoms with E-state index in [1.54, 1.807) is 12.1 Å². The van der Waals surface area contributed by atoms with Gasteiger partial charge in [0.25, 0.3) is 5.91 Å². The highest BCUT2D eigenvalue weighted by molar-refractivity contribution is 5.97. The van der Waals surface area contributed by atoms with E-state index < -0.39 is 28.9 Å². The van der Waals surface area contributed by atoms with Crippen LogP contribution in [0.4, 0.5) is 23.2 Å². The number of amides is 1. The molecule has 1 amide bonds. The average Bonchev–Trinajstić information content (AvgIpc) is 2.81. The van der Waals surface area contributed by atoms with Crippen molar-refractivity contribution >= 4 is 11.6 Å². The number of β-amino-alcohol motifs (C(OH)–C–C–N with tert-alkyl or cyclic N) is 1. The molecule has 0 radical (unpaired) electrons. The van der Waals surface area contributed by atoms with Crippen molar-refractivity contribution in [3.8, 4) is 17.2 Å². The van der Waals surface area contributed by atoms with Gasteiger partial charge >= 0.3 is 6.18 Å². The van der Waals surface area contributed by atoms with Gasteiger partial charge in [-0.2, -0.15) is 18.4 Å². The molecule has 2 heterocycles. The summed E-state index contributed by atoms with van der Waals surface area (Å²) in [7, 11) is 0. The Balaban J connectivity index is 1.34. The Morgan fingerprint density at radius 1 is 1.14 bits per heavy atom. The van der Waals surface area contributed by atoms with Gasteiger partial charge in [0.1, 0.15) is 11.9 Å². The number of carbonyl (C=O) groups excluding carboxylic acids is 1. The third-order valence-electron chi connectivity index (χ3n) is 6.09. The number of hydrogen-bond donors (Lipinski definition) is 2. The topological polar surface area (TPSA) is 89.2 Å². The van der Waals surface area contributed by atoms with E-state index in [9.17, 15) is 27.5 Å². The van der Waals surface area contributed by atoms with E-state index in [1.165, 1.54) is 25.1 Å². The lowest BCUT2D eigenvalue weighted by Crippen LogP contribution is -2.55. The molecule has 2 aromatic carbocycles.